The van der Waals surface area contributed by atoms with Crippen LogP contribution in [0.5, 0.6) is 0 Å². The van der Waals surface area contributed by atoms with E-state index in [9.17, 15) is 4.79 Å². The molecule has 0 saturated carbocycles. The number of carbonyl (C=O) groups is 1. The van der Waals surface area contributed by atoms with Crippen molar-refractivity contribution in [2.75, 3.05) is 0 Å². The van der Waals surface area contributed by atoms with E-state index in [1.165, 1.54) is 0 Å². The van der Waals surface area contributed by atoms with Crippen molar-refractivity contribution in [1.82, 2.24) is 5.32 Å². The smallest absolute Gasteiger partial charge is 0.223 e. The Morgan fingerprint density at radius 3 is 2.69 bits per heavy atom. The maximum atomic E-state index is 11.4. The lowest BCUT2D eigenvalue weighted by molar-refractivity contribution is -0.123. The van der Waals surface area contributed by atoms with Crippen LogP contribution in [0.4, 0.5) is 0 Å². The standard InChI is InChI=1S/C10H19NO2/c1-7(12)4-5-8-6-10(2,3)11-9(8)13/h7-8,12H,4-6H2,1-3H3,(H,11,13). The van der Waals surface area contributed by atoms with Gasteiger partial charge in [-0.25, -0.2) is 0 Å². The topological polar surface area (TPSA) is 49.3 Å². The van der Waals surface area contributed by atoms with Gasteiger partial charge in [0, 0.05) is 11.5 Å². The second kappa shape index (κ2) is 3.66. The molecule has 2 N–H and O–H groups in total. The Labute approximate surface area is 79.5 Å². The van der Waals surface area contributed by atoms with E-state index in [1.54, 1.807) is 6.92 Å². The van der Waals surface area contributed by atoms with Gasteiger partial charge in [-0.05, 0) is 40.0 Å². The Balaban J connectivity index is 2.40. The zero-order valence-electron chi connectivity index (χ0n) is 8.63. The molecule has 1 fully saturated rings. The molecule has 1 saturated heterocycles. The maximum absolute atomic E-state index is 11.4. The fourth-order valence-corrected chi connectivity index (χ4v) is 1.87. The van der Waals surface area contributed by atoms with Crippen molar-refractivity contribution in [3.63, 3.8) is 0 Å². The normalized spacial score (nSPS) is 28.6. The van der Waals surface area contributed by atoms with E-state index in [0.717, 1.165) is 12.8 Å². The van der Waals surface area contributed by atoms with E-state index in [2.05, 4.69) is 5.32 Å². The highest BCUT2D eigenvalue weighted by Crippen LogP contribution is 2.27. The summed E-state index contributed by atoms with van der Waals surface area (Å²) in [4.78, 5) is 11.4. The molecule has 1 rings (SSSR count). The number of carbonyl (C=O) groups excluding carboxylic acids is 1. The highest BCUT2D eigenvalue weighted by molar-refractivity contribution is 5.81. The van der Waals surface area contributed by atoms with Gasteiger partial charge in [-0.1, -0.05) is 0 Å². The molecule has 0 radical (unpaired) electrons. The van der Waals surface area contributed by atoms with Crippen molar-refractivity contribution >= 4 is 5.91 Å². The first-order valence-corrected chi connectivity index (χ1v) is 4.91. The molecular weight excluding hydrogens is 166 g/mol. The molecule has 13 heavy (non-hydrogen) atoms. The zero-order chi connectivity index (χ0) is 10.1. The molecule has 0 aliphatic carbocycles. The molecule has 0 aromatic rings. The molecule has 0 aromatic heterocycles. The van der Waals surface area contributed by atoms with E-state index in [4.69, 9.17) is 5.11 Å². The summed E-state index contributed by atoms with van der Waals surface area (Å²) >= 11 is 0. The summed E-state index contributed by atoms with van der Waals surface area (Å²) in [6, 6.07) is 0. The number of aliphatic hydroxyl groups is 1. The Bertz CT molecular complexity index is 199. The van der Waals surface area contributed by atoms with Gasteiger partial charge in [0.1, 0.15) is 0 Å². The summed E-state index contributed by atoms with van der Waals surface area (Å²) in [6.07, 6.45) is 2.11. The summed E-state index contributed by atoms with van der Waals surface area (Å²) < 4.78 is 0. The van der Waals surface area contributed by atoms with Crippen molar-refractivity contribution in [1.29, 1.82) is 0 Å². The predicted molar refractivity (Wildman–Crippen MR) is 51.2 cm³/mol. The molecule has 1 aliphatic rings. The second-order valence-electron chi connectivity index (χ2n) is 4.70. The van der Waals surface area contributed by atoms with Crippen LogP contribution in [0, 0.1) is 5.92 Å². The highest BCUT2D eigenvalue weighted by atomic mass is 16.3. The summed E-state index contributed by atoms with van der Waals surface area (Å²) in [5.41, 5.74) is -0.0551. The van der Waals surface area contributed by atoms with Crippen LogP contribution in [0.1, 0.15) is 40.0 Å². The van der Waals surface area contributed by atoms with Gasteiger partial charge in [0.25, 0.3) is 0 Å². The Kier molecular flexibility index (Phi) is 2.96. The van der Waals surface area contributed by atoms with E-state index in [-0.39, 0.29) is 23.5 Å². The molecule has 1 amide bonds. The Morgan fingerprint density at radius 1 is 1.69 bits per heavy atom. The summed E-state index contributed by atoms with van der Waals surface area (Å²) in [5.74, 6) is 0.246. The van der Waals surface area contributed by atoms with Crippen molar-refractivity contribution < 1.29 is 9.90 Å². The maximum Gasteiger partial charge on any atom is 0.223 e. The molecule has 0 aromatic carbocycles. The summed E-state index contributed by atoms with van der Waals surface area (Å²) in [7, 11) is 0. The van der Waals surface area contributed by atoms with Crippen molar-refractivity contribution in [2.45, 2.75) is 51.7 Å². The lowest BCUT2D eigenvalue weighted by Gasteiger charge is -2.16. The van der Waals surface area contributed by atoms with Crippen molar-refractivity contribution in [2.24, 2.45) is 5.92 Å². The average Bonchev–Trinajstić information content (AvgIpc) is 2.20. The minimum Gasteiger partial charge on any atom is -0.393 e. The van der Waals surface area contributed by atoms with Gasteiger partial charge in [-0.2, -0.15) is 0 Å². The lowest BCUT2D eigenvalue weighted by Crippen LogP contribution is -2.34. The van der Waals surface area contributed by atoms with Crippen molar-refractivity contribution in [3.05, 3.63) is 0 Å². The lowest BCUT2D eigenvalue weighted by atomic mass is 9.92. The first-order valence-electron chi connectivity index (χ1n) is 4.91. The predicted octanol–water partition coefficient (Wildman–Crippen LogP) is 1.06. The van der Waals surface area contributed by atoms with Crippen LogP contribution < -0.4 is 5.32 Å². The van der Waals surface area contributed by atoms with Crippen LogP contribution in [-0.4, -0.2) is 22.7 Å². The van der Waals surface area contributed by atoms with Gasteiger partial charge < -0.3 is 10.4 Å². The third-order valence-electron chi connectivity index (χ3n) is 2.52. The average molecular weight is 185 g/mol. The number of amides is 1. The van der Waals surface area contributed by atoms with E-state index in [0.29, 0.717) is 6.42 Å². The highest BCUT2D eigenvalue weighted by Gasteiger charge is 2.36. The van der Waals surface area contributed by atoms with Gasteiger partial charge in [-0.3, -0.25) is 4.79 Å². The zero-order valence-corrected chi connectivity index (χ0v) is 8.63. The number of nitrogens with one attached hydrogen (secondary N) is 1. The third kappa shape index (κ3) is 2.99. The largest absolute Gasteiger partial charge is 0.393 e. The number of aliphatic hydroxyl groups excluding tert-OH is 1. The third-order valence-corrected chi connectivity index (χ3v) is 2.52. The van der Waals surface area contributed by atoms with E-state index < -0.39 is 0 Å². The van der Waals surface area contributed by atoms with Gasteiger partial charge in [-0.15, -0.1) is 0 Å². The summed E-state index contributed by atoms with van der Waals surface area (Å²) in [6.45, 7) is 5.83. The van der Waals surface area contributed by atoms with Gasteiger partial charge in [0.05, 0.1) is 6.10 Å². The minimum absolute atomic E-state index is 0.0551. The number of rotatable bonds is 3. The molecular formula is C10H19NO2. The molecule has 0 spiro atoms. The van der Waals surface area contributed by atoms with Crippen LogP contribution in [-0.2, 0) is 4.79 Å². The molecule has 2 atom stereocenters. The monoisotopic (exact) mass is 185 g/mol. The van der Waals surface area contributed by atoms with E-state index >= 15 is 0 Å². The molecule has 1 aliphatic heterocycles. The van der Waals surface area contributed by atoms with Crippen LogP contribution in [0.2, 0.25) is 0 Å². The van der Waals surface area contributed by atoms with Crippen LogP contribution >= 0.6 is 0 Å². The molecule has 3 heteroatoms. The fraction of sp³-hybridized carbons (Fsp3) is 0.900. The molecule has 3 nitrogen and oxygen atoms in total. The minimum atomic E-state index is -0.295. The van der Waals surface area contributed by atoms with Crippen LogP contribution in [0.25, 0.3) is 0 Å². The van der Waals surface area contributed by atoms with Gasteiger partial charge in [0.2, 0.25) is 5.91 Å². The Morgan fingerprint density at radius 2 is 2.31 bits per heavy atom. The quantitative estimate of drug-likeness (QED) is 0.690. The summed E-state index contributed by atoms with van der Waals surface area (Å²) in [5, 5.41) is 12.0. The fourth-order valence-electron chi connectivity index (χ4n) is 1.87. The first kappa shape index (κ1) is 10.5. The van der Waals surface area contributed by atoms with Crippen LogP contribution in [0.3, 0.4) is 0 Å². The van der Waals surface area contributed by atoms with Gasteiger partial charge >= 0.3 is 0 Å². The molecule has 0 bridgehead atoms. The molecule has 76 valence electrons. The van der Waals surface area contributed by atoms with Gasteiger partial charge in [0.15, 0.2) is 0 Å². The Hall–Kier alpha value is -0.570. The van der Waals surface area contributed by atoms with Crippen LogP contribution in [0.15, 0.2) is 0 Å². The first-order chi connectivity index (χ1) is 5.91. The van der Waals surface area contributed by atoms with Crippen molar-refractivity contribution in [3.8, 4) is 0 Å². The SMILES string of the molecule is CC(O)CCC1CC(C)(C)NC1=O. The molecule has 1 heterocycles. The number of hydrogen-bond donors (Lipinski definition) is 2. The second-order valence-corrected chi connectivity index (χ2v) is 4.70. The molecule has 2 unspecified atom stereocenters. The number of hydrogen-bond acceptors (Lipinski definition) is 2. The van der Waals surface area contributed by atoms with E-state index in [1.807, 2.05) is 13.8 Å².